The molecule has 0 aliphatic rings. The molecule has 6 nitrogen and oxygen atoms in total. The van der Waals surface area contributed by atoms with Crippen molar-refractivity contribution in [2.75, 3.05) is 19.0 Å². The maximum atomic E-state index is 12.0. The summed E-state index contributed by atoms with van der Waals surface area (Å²) in [7, 11) is 1.63. The summed E-state index contributed by atoms with van der Waals surface area (Å²) in [4.78, 5) is 16.3. The van der Waals surface area contributed by atoms with Crippen LogP contribution in [-0.4, -0.2) is 30.6 Å². The number of methoxy groups -OCH3 is 1. The molecular formula is C18H24N4O2. The molecular weight excluding hydrogens is 304 g/mol. The van der Waals surface area contributed by atoms with Gasteiger partial charge in [0.05, 0.1) is 13.2 Å². The molecule has 2 rings (SSSR count). The Hall–Kier alpha value is -2.44. The van der Waals surface area contributed by atoms with Gasteiger partial charge in [-0.05, 0) is 49.2 Å². The molecule has 0 aliphatic carbocycles. The van der Waals surface area contributed by atoms with Crippen LogP contribution in [0.25, 0.3) is 11.1 Å². The number of amides is 1. The number of anilines is 1. The number of carbonyl (C=O) groups excluding carboxylic acids is 1. The Morgan fingerprint density at radius 2 is 2.08 bits per heavy atom. The lowest BCUT2D eigenvalue weighted by Gasteiger charge is -2.12. The molecule has 1 aromatic heterocycles. The first-order chi connectivity index (χ1) is 11.6. The maximum absolute atomic E-state index is 12.0. The smallest absolute Gasteiger partial charge is 0.242 e. The predicted molar refractivity (Wildman–Crippen MR) is 95.7 cm³/mol. The molecule has 6 heteroatoms. The van der Waals surface area contributed by atoms with E-state index in [0.29, 0.717) is 18.8 Å². The van der Waals surface area contributed by atoms with Crippen LogP contribution >= 0.6 is 0 Å². The average molecular weight is 328 g/mol. The minimum absolute atomic E-state index is 0.228. The predicted octanol–water partition coefficient (Wildman–Crippen LogP) is 2.15. The highest BCUT2D eigenvalue weighted by Crippen LogP contribution is 2.23. The van der Waals surface area contributed by atoms with E-state index in [4.69, 9.17) is 16.2 Å². The molecule has 2 aromatic rings. The summed E-state index contributed by atoms with van der Waals surface area (Å²) >= 11 is 0. The molecule has 0 spiro atoms. The molecule has 0 fully saturated rings. The Kier molecular flexibility index (Phi) is 6.72. The first-order valence-corrected chi connectivity index (χ1v) is 8.01. The van der Waals surface area contributed by atoms with Crippen LogP contribution in [0.1, 0.15) is 19.3 Å². The molecule has 128 valence electrons. The van der Waals surface area contributed by atoms with E-state index in [2.05, 4.69) is 10.3 Å². The summed E-state index contributed by atoms with van der Waals surface area (Å²) in [6, 6.07) is 10.8. The highest BCUT2D eigenvalue weighted by Gasteiger charge is 2.13. The van der Waals surface area contributed by atoms with E-state index < -0.39 is 6.04 Å². The van der Waals surface area contributed by atoms with E-state index >= 15 is 0 Å². The van der Waals surface area contributed by atoms with Crippen LogP contribution in [-0.2, 0) is 4.79 Å². The highest BCUT2D eigenvalue weighted by atomic mass is 16.5. The minimum atomic E-state index is -0.545. The van der Waals surface area contributed by atoms with Gasteiger partial charge in [0, 0.05) is 11.8 Å². The van der Waals surface area contributed by atoms with Crippen LogP contribution < -0.4 is 21.5 Å². The molecule has 24 heavy (non-hydrogen) atoms. The van der Waals surface area contributed by atoms with Gasteiger partial charge in [-0.3, -0.25) is 4.79 Å². The summed E-state index contributed by atoms with van der Waals surface area (Å²) in [5.41, 5.74) is 13.2. The topological polar surface area (TPSA) is 103 Å². The van der Waals surface area contributed by atoms with Crippen LogP contribution in [0.5, 0.6) is 5.75 Å². The first kappa shape index (κ1) is 17.9. The molecule has 5 N–H and O–H groups in total. The van der Waals surface area contributed by atoms with Gasteiger partial charge in [-0.1, -0.05) is 18.6 Å². The third kappa shape index (κ3) is 5.04. The summed E-state index contributed by atoms with van der Waals surface area (Å²) in [5, 5.41) is 2.74. The molecule has 1 heterocycles. The second-order valence-electron chi connectivity index (χ2n) is 5.54. The van der Waals surface area contributed by atoms with Crippen molar-refractivity contribution in [1.29, 1.82) is 0 Å². The molecule has 1 amide bonds. The van der Waals surface area contributed by atoms with Crippen molar-refractivity contribution in [2.45, 2.75) is 25.3 Å². The van der Waals surface area contributed by atoms with Crippen LogP contribution in [0.2, 0.25) is 0 Å². The standard InChI is InChI=1S/C18H24N4O2/c1-24-15-6-4-5-13(11-15)14-8-9-17(21-12-14)22-18(23)16(20)7-2-3-10-19/h4-6,8-9,11-12,16H,2-3,7,10,19-20H2,1H3,(H,21,22,23). The van der Waals surface area contributed by atoms with Crippen LogP contribution in [0.15, 0.2) is 42.6 Å². The lowest BCUT2D eigenvalue weighted by molar-refractivity contribution is -0.117. The number of pyridine rings is 1. The summed E-state index contributed by atoms with van der Waals surface area (Å²) in [5.74, 6) is 1.04. The first-order valence-electron chi connectivity index (χ1n) is 8.01. The van der Waals surface area contributed by atoms with Gasteiger partial charge in [-0.25, -0.2) is 4.98 Å². The SMILES string of the molecule is COc1cccc(-c2ccc(NC(=O)C(N)CCCCN)nc2)c1. The molecule has 1 aromatic carbocycles. The van der Waals surface area contributed by atoms with Crippen molar-refractivity contribution in [2.24, 2.45) is 11.5 Å². The third-order valence-electron chi connectivity index (χ3n) is 3.72. The molecule has 0 saturated heterocycles. The van der Waals surface area contributed by atoms with E-state index in [9.17, 15) is 4.79 Å². The van der Waals surface area contributed by atoms with E-state index in [1.54, 1.807) is 19.4 Å². The number of carbonyl (C=O) groups is 1. The number of hydrogen-bond donors (Lipinski definition) is 3. The number of benzene rings is 1. The second-order valence-corrected chi connectivity index (χ2v) is 5.54. The largest absolute Gasteiger partial charge is 0.497 e. The molecule has 1 unspecified atom stereocenters. The monoisotopic (exact) mass is 328 g/mol. The summed E-state index contributed by atoms with van der Waals surface area (Å²) in [6.45, 7) is 0.613. The molecule has 1 atom stereocenters. The van der Waals surface area contributed by atoms with Gasteiger partial charge in [-0.15, -0.1) is 0 Å². The number of ether oxygens (including phenoxy) is 1. The second kappa shape index (κ2) is 9.00. The number of nitrogens with two attached hydrogens (primary N) is 2. The Bertz CT molecular complexity index is 658. The molecule has 0 aliphatic heterocycles. The zero-order chi connectivity index (χ0) is 17.4. The Labute approximate surface area is 142 Å². The van der Waals surface area contributed by atoms with Crippen molar-refractivity contribution in [3.8, 4) is 16.9 Å². The lowest BCUT2D eigenvalue weighted by Crippen LogP contribution is -2.35. The normalized spacial score (nSPS) is 11.8. The summed E-state index contributed by atoms with van der Waals surface area (Å²) < 4.78 is 5.22. The van der Waals surface area contributed by atoms with Crippen molar-refractivity contribution in [1.82, 2.24) is 4.98 Å². The number of nitrogens with one attached hydrogen (secondary N) is 1. The van der Waals surface area contributed by atoms with E-state index in [1.807, 2.05) is 30.3 Å². The maximum Gasteiger partial charge on any atom is 0.242 e. The van der Waals surface area contributed by atoms with E-state index in [-0.39, 0.29) is 5.91 Å². The number of nitrogens with zero attached hydrogens (tertiary/aromatic N) is 1. The van der Waals surface area contributed by atoms with Crippen LogP contribution in [0.3, 0.4) is 0 Å². The van der Waals surface area contributed by atoms with Gasteiger partial charge in [-0.2, -0.15) is 0 Å². The van der Waals surface area contributed by atoms with Gasteiger partial charge < -0.3 is 21.5 Å². The van der Waals surface area contributed by atoms with Gasteiger partial charge in [0.1, 0.15) is 11.6 Å². The third-order valence-corrected chi connectivity index (χ3v) is 3.72. The average Bonchev–Trinajstić information content (AvgIpc) is 2.62. The van der Waals surface area contributed by atoms with Crippen molar-refractivity contribution >= 4 is 11.7 Å². The Morgan fingerprint density at radius 1 is 1.25 bits per heavy atom. The van der Waals surface area contributed by atoms with E-state index in [1.165, 1.54) is 0 Å². The highest BCUT2D eigenvalue weighted by molar-refractivity contribution is 5.93. The van der Waals surface area contributed by atoms with E-state index in [0.717, 1.165) is 29.7 Å². The molecule has 0 saturated carbocycles. The quantitative estimate of drug-likeness (QED) is 0.644. The number of hydrogen-bond acceptors (Lipinski definition) is 5. The van der Waals surface area contributed by atoms with Crippen molar-refractivity contribution < 1.29 is 9.53 Å². The van der Waals surface area contributed by atoms with Crippen LogP contribution in [0, 0.1) is 0 Å². The fourth-order valence-corrected chi connectivity index (χ4v) is 2.30. The van der Waals surface area contributed by atoms with Gasteiger partial charge in [0.25, 0.3) is 0 Å². The zero-order valence-corrected chi connectivity index (χ0v) is 13.9. The Balaban J connectivity index is 1.97. The lowest BCUT2D eigenvalue weighted by atomic mass is 10.1. The Morgan fingerprint density at radius 3 is 2.75 bits per heavy atom. The number of unbranched alkanes of at least 4 members (excludes halogenated alkanes) is 1. The van der Waals surface area contributed by atoms with Crippen molar-refractivity contribution in [3.63, 3.8) is 0 Å². The fourth-order valence-electron chi connectivity index (χ4n) is 2.30. The minimum Gasteiger partial charge on any atom is -0.497 e. The molecule has 0 bridgehead atoms. The van der Waals surface area contributed by atoms with Crippen LogP contribution in [0.4, 0.5) is 5.82 Å². The van der Waals surface area contributed by atoms with Crippen molar-refractivity contribution in [3.05, 3.63) is 42.6 Å². The van der Waals surface area contributed by atoms with Gasteiger partial charge in [0.15, 0.2) is 0 Å². The fraction of sp³-hybridized carbons (Fsp3) is 0.333. The molecule has 0 radical (unpaired) electrons. The summed E-state index contributed by atoms with van der Waals surface area (Å²) in [6.07, 6.45) is 4.04. The van der Waals surface area contributed by atoms with Gasteiger partial charge in [0.2, 0.25) is 5.91 Å². The number of rotatable bonds is 8. The van der Waals surface area contributed by atoms with Gasteiger partial charge >= 0.3 is 0 Å². The number of aromatic nitrogens is 1. The zero-order valence-electron chi connectivity index (χ0n) is 13.9.